The van der Waals surface area contributed by atoms with Gasteiger partial charge < -0.3 is 9.47 Å². The number of hydrogen-bond acceptors (Lipinski definition) is 4. The first kappa shape index (κ1) is 12.5. The molecule has 0 aliphatic rings. The predicted molar refractivity (Wildman–Crippen MR) is 49.6 cm³/mol. The number of azide groups is 2. The van der Waals surface area contributed by atoms with Crippen LogP contribution in [0.25, 0.3) is 20.9 Å². The maximum Gasteiger partial charge on any atom is 0.0714 e. The largest absolute Gasteiger partial charge is 0.384 e. The summed E-state index contributed by atoms with van der Waals surface area (Å²) in [6.07, 6.45) is 0. The minimum absolute atomic E-state index is 0.192. The van der Waals surface area contributed by atoms with E-state index < -0.39 is 12.1 Å². The minimum Gasteiger partial charge on any atom is -0.384 e. The standard InChI is InChI=1S/C6H12N6O2/c1-13-3-5(9-11-7)6(4-14-2)10-12-8/h5-6H,3-4H2,1-2H3/t5-,6-/m0/s1. The number of ether oxygens (including phenoxy) is 2. The molecule has 0 saturated carbocycles. The molecule has 0 aromatic rings. The molecule has 78 valence electrons. The van der Waals surface area contributed by atoms with E-state index in [0.717, 1.165) is 0 Å². The van der Waals surface area contributed by atoms with Crippen molar-refractivity contribution >= 4 is 0 Å². The van der Waals surface area contributed by atoms with Gasteiger partial charge >= 0.3 is 0 Å². The lowest BCUT2D eigenvalue weighted by molar-refractivity contribution is 0.130. The summed E-state index contributed by atoms with van der Waals surface area (Å²) >= 11 is 0. The first-order valence-corrected chi connectivity index (χ1v) is 3.86. The Hall–Kier alpha value is -1.46. The number of methoxy groups -OCH3 is 2. The van der Waals surface area contributed by atoms with Gasteiger partial charge in [0.05, 0.1) is 25.3 Å². The third kappa shape index (κ3) is 4.54. The van der Waals surface area contributed by atoms with Crippen LogP contribution in [-0.4, -0.2) is 39.5 Å². The molecule has 0 amide bonds. The first-order valence-electron chi connectivity index (χ1n) is 3.86. The number of nitrogens with zero attached hydrogens (tertiary/aromatic N) is 6. The van der Waals surface area contributed by atoms with Gasteiger partial charge in [-0.15, -0.1) is 0 Å². The summed E-state index contributed by atoms with van der Waals surface area (Å²) in [7, 11) is 2.94. The molecule has 2 atom stereocenters. The highest BCUT2D eigenvalue weighted by Gasteiger charge is 2.18. The van der Waals surface area contributed by atoms with Gasteiger partial charge in [-0.25, -0.2) is 0 Å². The third-order valence-corrected chi connectivity index (χ3v) is 1.52. The monoisotopic (exact) mass is 200 g/mol. The van der Waals surface area contributed by atoms with E-state index in [0.29, 0.717) is 0 Å². The van der Waals surface area contributed by atoms with Crippen LogP contribution in [0.4, 0.5) is 0 Å². The summed E-state index contributed by atoms with van der Waals surface area (Å²) in [6.45, 7) is 0.383. The molecule has 0 aliphatic carbocycles. The molecule has 0 unspecified atom stereocenters. The molecular weight excluding hydrogens is 188 g/mol. The van der Waals surface area contributed by atoms with E-state index in [-0.39, 0.29) is 13.2 Å². The molecule has 0 aliphatic heterocycles. The Morgan fingerprint density at radius 1 is 1.00 bits per heavy atom. The quantitative estimate of drug-likeness (QED) is 0.353. The molecule has 0 bridgehead atoms. The molecule has 0 saturated heterocycles. The van der Waals surface area contributed by atoms with Gasteiger partial charge in [-0.1, -0.05) is 10.2 Å². The van der Waals surface area contributed by atoms with Crippen LogP contribution in [0.5, 0.6) is 0 Å². The van der Waals surface area contributed by atoms with Gasteiger partial charge in [0, 0.05) is 24.0 Å². The van der Waals surface area contributed by atoms with Gasteiger partial charge in [0.2, 0.25) is 0 Å². The summed E-state index contributed by atoms with van der Waals surface area (Å²) in [5, 5.41) is 6.92. The lowest BCUT2D eigenvalue weighted by atomic mass is 10.1. The Morgan fingerprint density at radius 3 is 1.57 bits per heavy atom. The summed E-state index contributed by atoms with van der Waals surface area (Å²) in [6, 6.07) is -1.08. The second-order valence-electron chi connectivity index (χ2n) is 2.46. The van der Waals surface area contributed by atoms with Gasteiger partial charge in [-0.3, -0.25) is 0 Å². The van der Waals surface area contributed by atoms with E-state index in [9.17, 15) is 0 Å². The molecule has 0 aromatic carbocycles. The van der Waals surface area contributed by atoms with Crippen LogP contribution >= 0.6 is 0 Å². The second-order valence-corrected chi connectivity index (χ2v) is 2.46. The first-order chi connectivity index (χ1) is 6.79. The van der Waals surface area contributed by atoms with Crippen molar-refractivity contribution in [3.05, 3.63) is 20.9 Å². The molecule has 8 nitrogen and oxygen atoms in total. The Bertz CT molecular complexity index is 219. The zero-order chi connectivity index (χ0) is 10.8. The van der Waals surface area contributed by atoms with Crippen molar-refractivity contribution in [2.45, 2.75) is 12.1 Å². The summed E-state index contributed by atoms with van der Waals surface area (Å²) in [5.41, 5.74) is 16.6. The van der Waals surface area contributed by atoms with Crippen molar-refractivity contribution < 1.29 is 9.47 Å². The SMILES string of the molecule is COC[C@H](N=[N+]=[N-])[C@H](COC)N=[N+]=[N-]. The number of rotatable bonds is 7. The Morgan fingerprint density at radius 2 is 1.36 bits per heavy atom. The van der Waals surface area contributed by atoms with Crippen molar-refractivity contribution in [2.75, 3.05) is 27.4 Å². The Balaban J connectivity index is 4.51. The highest BCUT2D eigenvalue weighted by atomic mass is 16.5. The molecule has 0 N–H and O–H groups in total. The van der Waals surface area contributed by atoms with Crippen molar-refractivity contribution in [3.8, 4) is 0 Å². The maximum atomic E-state index is 8.28. The van der Waals surface area contributed by atoms with Gasteiger partial charge in [-0.2, -0.15) is 0 Å². The maximum absolute atomic E-state index is 8.28. The Labute approximate surface area is 81.1 Å². The molecule has 0 rings (SSSR count). The molecule has 0 radical (unpaired) electrons. The fourth-order valence-electron chi connectivity index (χ4n) is 0.917. The third-order valence-electron chi connectivity index (χ3n) is 1.52. The minimum atomic E-state index is -0.541. The Kier molecular flexibility index (Phi) is 7.30. The molecule has 8 heteroatoms. The van der Waals surface area contributed by atoms with Gasteiger partial charge in [0.1, 0.15) is 0 Å². The van der Waals surface area contributed by atoms with Crippen LogP contribution in [0.3, 0.4) is 0 Å². The summed E-state index contributed by atoms with van der Waals surface area (Å²) < 4.78 is 9.65. The molecule has 0 spiro atoms. The van der Waals surface area contributed by atoms with Crippen LogP contribution in [0.2, 0.25) is 0 Å². The highest BCUT2D eigenvalue weighted by molar-refractivity contribution is 4.82. The lowest BCUT2D eigenvalue weighted by Gasteiger charge is -2.16. The van der Waals surface area contributed by atoms with E-state index >= 15 is 0 Å². The van der Waals surface area contributed by atoms with E-state index in [4.69, 9.17) is 20.5 Å². The van der Waals surface area contributed by atoms with Crippen LogP contribution in [-0.2, 0) is 9.47 Å². The topological polar surface area (TPSA) is 116 Å². The molecular formula is C6H12N6O2. The zero-order valence-corrected chi connectivity index (χ0v) is 8.07. The van der Waals surface area contributed by atoms with Crippen molar-refractivity contribution in [2.24, 2.45) is 10.2 Å². The fraction of sp³-hybridized carbons (Fsp3) is 1.00. The van der Waals surface area contributed by atoms with E-state index in [1.54, 1.807) is 0 Å². The van der Waals surface area contributed by atoms with Crippen molar-refractivity contribution in [3.63, 3.8) is 0 Å². The summed E-state index contributed by atoms with van der Waals surface area (Å²) in [5.74, 6) is 0. The molecule has 14 heavy (non-hydrogen) atoms. The van der Waals surface area contributed by atoms with E-state index in [2.05, 4.69) is 20.1 Å². The second kappa shape index (κ2) is 8.15. The molecule has 0 heterocycles. The molecule has 0 fully saturated rings. The normalized spacial score (nSPS) is 13.6. The van der Waals surface area contributed by atoms with E-state index in [1.807, 2.05) is 0 Å². The summed E-state index contributed by atoms with van der Waals surface area (Å²) in [4.78, 5) is 5.29. The fourth-order valence-corrected chi connectivity index (χ4v) is 0.917. The average molecular weight is 200 g/mol. The van der Waals surface area contributed by atoms with E-state index in [1.165, 1.54) is 14.2 Å². The van der Waals surface area contributed by atoms with Crippen molar-refractivity contribution in [1.29, 1.82) is 0 Å². The van der Waals surface area contributed by atoms with Gasteiger partial charge in [0.15, 0.2) is 0 Å². The van der Waals surface area contributed by atoms with Crippen LogP contribution in [0.15, 0.2) is 10.2 Å². The van der Waals surface area contributed by atoms with Gasteiger partial charge in [-0.05, 0) is 11.1 Å². The predicted octanol–water partition coefficient (Wildman–Crippen LogP) is 1.64. The molecule has 0 aromatic heterocycles. The lowest BCUT2D eigenvalue weighted by Crippen LogP contribution is -2.30. The van der Waals surface area contributed by atoms with Crippen LogP contribution < -0.4 is 0 Å². The smallest absolute Gasteiger partial charge is 0.0714 e. The highest BCUT2D eigenvalue weighted by Crippen LogP contribution is 2.06. The van der Waals surface area contributed by atoms with Crippen LogP contribution in [0.1, 0.15) is 0 Å². The number of hydrogen-bond donors (Lipinski definition) is 0. The van der Waals surface area contributed by atoms with Crippen LogP contribution in [0, 0.1) is 0 Å². The average Bonchev–Trinajstić information content (AvgIpc) is 2.17. The van der Waals surface area contributed by atoms with Gasteiger partial charge in [0.25, 0.3) is 0 Å². The zero-order valence-electron chi connectivity index (χ0n) is 8.07. The van der Waals surface area contributed by atoms with Crippen molar-refractivity contribution in [1.82, 2.24) is 0 Å².